The minimum atomic E-state index is -3.90. The highest BCUT2D eigenvalue weighted by molar-refractivity contribution is 7.89. The van der Waals surface area contributed by atoms with Crippen molar-refractivity contribution >= 4 is 21.8 Å². The standard InChI is InChI=1S/C20H21FN2O4S/c1-2-3-4-11-23(13-14-5-7-15(21)8-6-14)28(26,27)16-9-10-17-18(12-16)20(25)22-19(17)24/h5-10,12H,2-4,11,13H2,1H3,(H,22,24,25). The molecule has 1 aliphatic heterocycles. The molecule has 6 nitrogen and oxygen atoms in total. The maximum atomic E-state index is 13.2. The molecule has 0 saturated carbocycles. The molecule has 1 heterocycles. The van der Waals surface area contributed by atoms with Crippen LogP contribution in [0.2, 0.25) is 0 Å². The number of halogens is 1. The summed E-state index contributed by atoms with van der Waals surface area (Å²) in [5.41, 5.74) is 0.886. The Kier molecular flexibility index (Phi) is 5.90. The van der Waals surface area contributed by atoms with Crippen LogP contribution in [0.1, 0.15) is 52.5 Å². The zero-order valence-corrected chi connectivity index (χ0v) is 16.3. The van der Waals surface area contributed by atoms with Gasteiger partial charge in [-0.3, -0.25) is 14.9 Å². The Bertz CT molecular complexity index is 1000. The molecular formula is C20H21FN2O4S. The highest BCUT2D eigenvalue weighted by atomic mass is 32.2. The lowest BCUT2D eigenvalue weighted by Crippen LogP contribution is -2.32. The number of rotatable bonds is 8. The van der Waals surface area contributed by atoms with Gasteiger partial charge in [0.1, 0.15) is 5.82 Å². The third-order valence-electron chi connectivity index (χ3n) is 4.63. The predicted octanol–water partition coefficient (Wildman–Crippen LogP) is 3.09. The maximum Gasteiger partial charge on any atom is 0.258 e. The molecule has 1 N–H and O–H groups in total. The number of sulfonamides is 1. The molecule has 0 aromatic heterocycles. The van der Waals surface area contributed by atoms with Gasteiger partial charge in [-0.15, -0.1) is 0 Å². The van der Waals surface area contributed by atoms with E-state index in [-0.39, 0.29) is 22.6 Å². The van der Waals surface area contributed by atoms with Crippen LogP contribution in [0.25, 0.3) is 0 Å². The molecule has 0 atom stereocenters. The molecule has 0 aliphatic carbocycles. The van der Waals surface area contributed by atoms with Crippen LogP contribution in [-0.2, 0) is 16.6 Å². The third-order valence-corrected chi connectivity index (χ3v) is 6.47. The number of nitrogens with zero attached hydrogens (tertiary/aromatic N) is 1. The van der Waals surface area contributed by atoms with Gasteiger partial charge in [0.25, 0.3) is 11.8 Å². The van der Waals surface area contributed by atoms with E-state index >= 15 is 0 Å². The van der Waals surface area contributed by atoms with Crippen LogP contribution in [0.4, 0.5) is 4.39 Å². The fraction of sp³-hybridized carbons (Fsp3) is 0.300. The van der Waals surface area contributed by atoms with Crippen LogP contribution in [0.5, 0.6) is 0 Å². The minimum Gasteiger partial charge on any atom is -0.288 e. The molecule has 0 saturated heterocycles. The summed E-state index contributed by atoms with van der Waals surface area (Å²) in [6.45, 7) is 2.42. The number of nitrogens with one attached hydrogen (secondary N) is 1. The lowest BCUT2D eigenvalue weighted by molar-refractivity contribution is 0.0879. The lowest BCUT2D eigenvalue weighted by Gasteiger charge is -2.22. The van der Waals surface area contributed by atoms with Crippen LogP contribution in [0, 0.1) is 5.82 Å². The number of imide groups is 1. The topological polar surface area (TPSA) is 83.6 Å². The molecule has 2 aromatic rings. The molecule has 8 heteroatoms. The molecule has 0 bridgehead atoms. The van der Waals surface area contributed by atoms with Gasteiger partial charge < -0.3 is 0 Å². The average molecular weight is 404 g/mol. The highest BCUT2D eigenvalue weighted by Crippen LogP contribution is 2.24. The van der Waals surface area contributed by atoms with Crippen LogP contribution in [-0.4, -0.2) is 31.1 Å². The van der Waals surface area contributed by atoms with Gasteiger partial charge in [-0.05, 0) is 42.3 Å². The molecule has 3 rings (SSSR count). The van der Waals surface area contributed by atoms with Gasteiger partial charge >= 0.3 is 0 Å². The molecule has 148 valence electrons. The van der Waals surface area contributed by atoms with Crippen molar-refractivity contribution in [2.45, 2.75) is 37.6 Å². The van der Waals surface area contributed by atoms with Crippen molar-refractivity contribution in [2.24, 2.45) is 0 Å². The summed E-state index contributed by atoms with van der Waals surface area (Å²) in [6, 6.07) is 9.60. The normalized spacial score (nSPS) is 13.7. The maximum absolute atomic E-state index is 13.2. The monoisotopic (exact) mass is 404 g/mol. The molecular weight excluding hydrogens is 383 g/mol. The van der Waals surface area contributed by atoms with Crippen molar-refractivity contribution in [2.75, 3.05) is 6.54 Å². The van der Waals surface area contributed by atoms with Crippen molar-refractivity contribution < 1.29 is 22.4 Å². The van der Waals surface area contributed by atoms with E-state index in [2.05, 4.69) is 5.32 Å². The zero-order chi connectivity index (χ0) is 20.3. The molecule has 0 fully saturated rings. The Labute approximate surface area is 163 Å². The van der Waals surface area contributed by atoms with E-state index in [0.717, 1.165) is 12.8 Å². The Hall–Kier alpha value is -2.58. The first-order valence-corrected chi connectivity index (χ1v) is 10.5. The molecule has 0 spiro atoms. The number of fused-ring (bicyclic) bond motifs is 1. The number of amides is 2. The summed E-state index contributed by atoms with van der Waals surface area (Å²) in [5, 5.41) is 2.16. The smallest absolute Gasteiger partial charge is 0.258 e. The van der Waals surface area contributed by atoms with Gasteiger partial charge in [-0.2, -0.15) is 4.31 Å². The Balaban J connectivity index is 1.93. The molecule has 1 aliphatic rings. The van der Waals surface area contributed by atoms with Crippen LogP contribution >= 0.6 is 0 Å². The molecule has 0 unspecified atom stereocenters. The largest absolute Gasteiger partial charge is 0.288 e. The Morgan fingerprint density at radius 1 is 0.964 bits per heavy atom. The van der Waals surface area contributed by atoms with Crippen molar-refractivity contribution in [3.05, 3.63) is 65.0 Å². The van der Waals surface area contributed by atoms with Crippen LogP contribution in [0.3, 0.4) is 0 Å². The number of carbonyl (C=O) groups is 2. The Morgan fingerprint density at radius 2 is 1.64 bits per heavy atom. The first kappa shape index (κ1) is 20.2. The predicted molar refractivity (Wildman–Crippen MR) is 102 cm³/mol. The Morgan fingerprint density at radius 3 is 2.32 bits per heavy atom. The summed E-state index contributed by atoms with van der Waals surface area (Å²) >= 11 is 0. The van der Waals surface area contributed by atoms with Crippen LogP contribution in [0.15, 0.2) is 47.4 Å². The van der Waals surface area contributed by atoms with Gasteiger partial charge in [0.2, 0.25) is 10.0 Å². The van der Waals surface area contributed by atoms with Gasteiger partial charge in [-0.25, -0.2) is 12.8 Å². The molecule has 0 radical (unpaired) electrons. The second-order valence-corrected chi connectivity index (χ2v) is 8.60. The minimum absolute atomic E-state index is 0.0466. The molecule has 28 heavy (non-hydrogen) atoms. The average Bonchev–Trinajstić information content (AvgIpc) is 2.96. The summed E-state index contributed by atoms with van der Waals surface area (Å²) < 4.78 is 40.9. The van der Waals surface area contributed by atoms with Crippen molar-refractivity contribution in [3.63, 3.8) is 0 Å². The quantitative estimate of drug-likeness (QED) is 0.541. The number of carbonyl (C=O) groups excluding carboxylic acids is 2. The lowest BCUT2D eigenvalue weighted by atomic mass is 10.1. The van der Waals surface area contributed by atoms with E-state index in [9.17, 15) is 22.4 Å². The van der Waals surface area contributed by atoms with Gasteiger partial charge in [0.05, 0.1) is 16.0 Å². The van der Waals surface area contributed by atoms with E-state index < -0.39 is 27.7 Å². The van der Waals surface area contributed by atoms with E-state index in [0.29, 0.717) is 18.5 Å². The van der Waals surface area contributed by atoms with Crippen molar-refractivity contribution in [1.82, 2.24) is 9.62 Å². The number of unbranched alkanes of at least 4 members (excludes halogenated alkanes) is 2. The fourth-order valence-electron chi connectivity index (χ4n) is 3.07. The van der Waals surface area contributed by atoms with Crippen molar-refractivity contribution in [1.29, 1.82) is 0 Å². The van der Waals surface area contributed by atoms with Crippen LogP contribution < -0.4 is 5.32 Å². The summed E-state index contributed by atoms with van der Waals surface area (Å²) in [4.78, 5) is 23.5. The number of benzene rings is 2. The first-order chi connectivity index (χ1) is 13.3. The molecule has 2 aromatic carbocycles. The first-order valence-electron chi connectivity index (χ1n) is 9.07. The SMILES string of the molecule is CCCCCN(Cc1ccc(F)cc1)S(=O)(=O)c1ccc2c(c1)C(=O)NC2=O. The van der Waals surface area contributed by atoms with Crippen molar-refractivity contribution in [3.8, 4) is 0 Å². The zero-order valence-electron chi connectivity index (χ0n) is 15.4. The second kappa shape index (κ2) is 8.20. The molecule has 2 amide bonds. The van der Waals surface area contributed by atoms with Gasteiger partial charge in [0, 0.05) is 13.1 Å². The second-order valence-electron chi connectivity index (χ2n) is 6.66. The van der Waals surface area contributed by atoms with E-state index in [4.69, 9.17) is 0 Å². The summed E-state index contributed by atoms with van der Waals surface area (Å²) in [6.07, 6.45) is 2.49. The fourth-order valence-corrected chi connectivity index (χ4v) is 4.57. The third kappa shape index (κ3) is 4.13. The summed E-state index contributed by atoms with van der Waals surface area (Å²) in [7, 11) is -3.90. The number of hydrogen-bond donors (Lipinski definition) is 1. The van der Waals surface area contributed by atoms with E-state index in [1.54, 1.807) is 12.1 Å². The van der Waals surface area contributed by atoms with E-state index in [1.807, 2.05) is 6.92 Å². The van der Waals surface area contributed by atoms with Gasteiger partial charge in [-0.1, -0.05) is 31.9 Å². The number of hydrogen-bond acceptors (Lipinski definition) is 4. The van der Waals surface area contributed by atoms with E-state index in [1.165, 1.54) is 34.6 Å². The van der Waals surface area contributed by atoms with Gasteiger partial charge in [0.15, 0.2) is 0 Å². The highest BCUT2D eigenvalue weighted by Gasteiger charge is 2.31. The summed E-state index contributed by atoms with van der Waals surface area (Å²) in [5.74, 6) is -1.53.